The number of aryl methyl sites for hydroxylation is 1. The van der Waals surface area contributed by atoms with E-state index in [4.69, 9.17) is 5.11 Å². The van der Waals surface area contributed by atoms with E-state index in [1.165, 1.54) is 0 Å². The van der Waals surface area contributed by atoms with Crippen molar-refractivity contribution in [2.45, 2.75) is 46.0 Å². The van der Waals surface area contributed by atoms with Gasteiger partial charge >= 0.3 is 6.09 Å². The second-order valence-corrected chi connectivity index (χ2v) is 4.86. The van der Waals surface area contributed by atoms with Gasteiger partial charge in [-0.3, -0.25) is 10.3 Å². The third-order valence-corrected chi connectivity index (χ3v) is 3.28. The van der Waals surface area contributed by atoms with Crippen molar-refractivity contribution in [3.05, 3.63) is 22.5 Å². The highest BCUT2D eigenvalue weighted by molar-refractivity contribution is 5.86. The van der Waals surface area contributed by atoms with Crippen molar-refractivity contribution in [2.24, 2.45) is 0 Å². The smallest absolute Gasteiger partial charge is 0.409 e. The molecule has 17 heavy (non-hydrogen) atoms. The van der Waals surface area contributed by atoms with Crippen molar-refractivity contribution in [1.82, 2.24) is 4.98 Å². The van der Waals surface area contributed by atoms with Crippen LogP contribution < -0.4 is 5.32 Å². The van der Waals surface area contributed by atoms with Crippen LogP contribution in [0.4, 0.5) is 10.5 Å². The molecule has 4 heteroatoms. The molecular weight excluding hydrogens is 216 g/mol. The van der Waals surface area contributed by atoms with Crippen LogP contribution in [-0.4, -0.2) is 16.2 Å². The lowest BCUT2D eigenvalue weighted by molar-refractivity contribution is 0.209. The number of hydrogen-bond donors (Lipinski definition) is 2. The van der Waals surface area contributed by atoms with E-state index in [1.807, 2.05) is 6.92 Å². The van der Waals surface area contributed by atoms with Gasteiger partial charge in [0.05, 0.1) is 5.69 Å². The SMILES string of the molecule is Cc1c(C(C)C)nc2c(c1NC(=O)O)CCC2. The minimum Gasteiger partial charge on any atom is -0.465 e. The molecule has 0 aromatic carbocycles. The van der Waals surface area contributed by atoms with Crippen LogP contribution in [0.15, 0.2) is 0 Å². The van der Waals surface area contributed by atoms with Crippen LogP contribution in [0.1, 0.15) is 48.7 Å². The number of pyridine rings is 1. The molecule has 4 nitrogen and oxygen atoms in total. The number of rotatable bonds is 2. The van der Waals surface area contributed by atoms with Crippen LogP contribution >= 0.6 is 0 Å². The lowest BCUT2D eigenvalue weighted by Gasteiger charge is -2.17. The highest BCUT2D eigenvalue weighted by atomic mass is 16.4. The molecule has 2 rings (SSSR count). The third kappa shape index (κ3) is 2.12. The average molecular weight is 234 g/mol. The maximum absolute atomic E-state index is 10.9. The normalized spacial score (nSPS) is 13.9. The van der Waals surface area contributed by atoms with Crippen molar-refractivity contribution < 1.29 is 9.90 Å². The number of fused-ring (bicyclic) bond motifs is 1. The Balaban J connectivity index is 2.57. The highest BCUT2D eigenvalue weighted by Crippen LogP contribution is 2.34. The van der Waals surface area contributed by atoms with Gasteiger partial charge in [0.1, 0.15) is 0 Å². The lowest BCUT2D eigenvalue weighted by atomic mass is 9.99. The van der Waals surface area contributed by atoms with E-state index in [0.717, 1.165) is 47.5 Å². The summed E-state index contributed by atoms with van der Waals surface area (Å²) < 4.78 is 0. The van der Waals surface area contributed by atoms with Gasteiger partial charge in [0.2, 0.25) is 0 Å². The predicted molar refractivity (Wildman–Crippen MR) is 66.7 cm³/mol. The molecule has 1 aromatic rings. The first-order valence-electron chi connectivity index (χ1n) is 6.03. The van der Waals surface area contributed by atoms with Crippen LogP contribution in [0, 0.1) is 6.92 Å². The Labute approximate surface area is 101 Å². The molecule has 0 atom stereocenters. The standard InChI is InChI=1S/C13H18N2O2/c1-7(2)11-8(3)12(15-13(16)17)9-5-4-6-10(9)14-11/h7H,4-6H2,1-3H3,(H,14,15)(H,16,17). The molecule has 0 aliphatic heterocycles. The second kappa shape index (κ2) is 4.35. The van der Waals surface area contributed by atoms with Gasteiger partial charge in [-0.15, -0.1) is 0 Å². The molecule has 0 fully saturated rings. The van der Waals surface area contributed by atoms with Crippen molar-refractivity contribution in [2.75, 3.05) is 5.32 Å². The number of nitrogens with one attached hydrogen (secondary N) is 1. The first kappa shape index (κ1) is 11.9. The van der Waals surface area contributed by atoms with Crippen molar-refractivity contribution in [3.8, 4) is 0 Å². The molecule has 0 radical (unpaired) electrons. The van der Waals surface area contributed by atoms with E-state index < -0.39 is 6.09 Å². The summed E-state index contributed by atoms with van der Waals surface area (Å²) in [7, 11) is 0. The lowest BCUT2D eigenvalue weighted by Crippen LogP contribution is -2.14. The van der Waals surface area contributed by atoms with Gasteiger partial charge in [-0.05, 0) is 43.2 Å². The molecule has 1 heterocycles. The first-order valence-corrected chi connectivity index (χ1v) is 6.03. The Kier molecular flexibility index (Phi) is 3.05. The summed E-state index contributed by atoms with van der Waals surface area (Å²) in [5.74, 6) is 0.315. The van der Waals surface area contributed by atoms with Gasteiger partial charge in [-0.1, -0.05) is 13.8 Å². The Hall–Kier alpha value is -1.58. The zero-order valence-corrected chi connectivity index (χ0v) is 10.5. The summed E-state index contributed by atoms with van der Waals surface area (Å²) in [6.45, 7) is 6.12. The minimum absolute atomic E-state index is 0.315. The fourth-order valence-electron chi connectivity index (χ4n) is 2.54. The van der Waals surface area contributed by atoms with Gasteiger partial charge in [-0.25, -0.2) is 4.79 Å². The van der Waals surface area contributed by atoms with Crippen LogP contribution in [-0.2, 0) is 12.8 Å². The maximum Gasteiger partial charge on any atom is 0.409 e. The molecule has 0 saturated heterocycles. The fraction of sp³-hybridized carbons (Fsp3) is 0.538. The third-order valence-electron chi connectivity index (χ3n) is 3.28. The van der Waals surface area contributed by atoms with E-state index in [1.54, 1.807) is 0 Å². The van der Waals surface area contributed by atoms with Crippen LogP contribution in [0.3, 0.4) is 0 Å². The van der Waals surface area contributed by atoms with E-state index in [2.05, 4.69) is 24.1 Å². The molecule has 1 amide bonds. The Bertz CT molecular complexity index is 467. The van der Waals surface area contributed by atoms with E-state index >= 15 is 0 Å². The van der Waals surface area contributed by atoms with E-state index in [0.29, 0.717) is 5.92 Å². The zero-order valence-electron chi connectivity index (χ0n) is 10.5. The summed E-state index contributed by atoms with van der Waals surface area (Å²) in [5, 5.41) is 11.5. The topological polar surface area (TPSA) is 62.2 Å². The Morgan fingerprint density at radius 2 is 2.12 bits per heavy atom. The summed E-state index contributed by atoms with van der Waals surface area (Å²) >= 11 is 0. The molecule has 0 saturated carbocycles. The Morgan fingerprint density at radius 1 is 1.41 bits per heavy atom. The molecule has 1 aromatic heterocycles. The number of aromatic nitrogens is 1. The predicted octanol–water partition coefficient (Wildman–Crippen LogP) is 3.09. The van der Waals surface area contributed by atoms with Crippen molar-refractivity contribution in [1.29, 1.82) is 0 Å². The summed E-state index contributed by atoms with van der Waals surface area (Å²) in [5.41, 5.74) is 4.92. The van der Waals surface area contributed by atoms with Gasteiger partial charge in [0.15, 0.2) is 0 Å². The molecule has 92 valence electrons. The van der Waals surface area contributed by atoms with E-state index in [-0.39, 0.29) is 0 Å². The molecule has 0 bridgehead atoms. The molecule has 1 aliphatic rings. The number of carbonyl (C=O) groups is 1. The molecule has 0 spiro atoms. The van der Waals surface area contributed by atoms with Gasteiger partial charge in [-0.2, -0.15) is 0 Å². The van der Waals surface area contributed by atoms with Crippen molar-refractivity contribution >= 4 is 11.8 Å². The zero-order chi connectivity index (χ0) is 12.6. The van der Waals surface area contributed by atoms with Crippen LogP contribution in [0.5, 0.6) is 0 Å². The van der Waals surface area contributed by atoms with Gasteiger partial charge in [0.25, 0.3) is 0 Å². The number of amides is 1. The van der Waals surface area contributed by atoms with Crippen LogP contribution in [0.25, 0.3) is 0 Å². The van der Waals surface area contributed by atoms with Gasteiger partial charge < -0.3 is 5.11 Å². The quantitative estimate of drug-likeness (QED) is 0.826. The fourth-order valence-corrected chi connectivity index (χ4v) is 2.54. The second-order valence-electron chi connectivity index (χ2n) is 4.86. The molecular formula is C13H18N2O2. The number of carboxylic acid groups (broad SMARTS) is 1. The van der Waals surface area contributed by atoms with Gasteiger partial charge in [0, 0.05) is 11.4 Å². The van der Waals surface area contributed by atoms with Crippen molar-refractivity contribution in [3.63, 3.8) is 0 Å². The summed E-state index contributed by atoms with van der Waals surface area (Å²) in [6.07, 6.45) is 1.96. The number of anilines is 1. The monoisotopic (exact) mass is 234 g/mol. The number of nitrogens with zero attached hydrogens (tertiary/aromatic N) is 1. The maximum atomic E-state index is 10.9. The summed E-state index contributed by atoms with van der Waals surface area (Å²) in [4.78, 5) is 15.6. The first-order chi connectivity index (χ1) is 8.00. The molecule has 0 unspecified atom stereocenters. The molecule has 1 aliphatic carbocycles. The Morgan fingerprint density at radius 3 is 2.71 bits per heavy atom. The van der Waals surface area contributed by atoms with E-state index in [9.17, 15) is 4.79 Å². The largest absolute Gasteiger partial charge is 0.465 e. The minimum atomic E-state index is -0.997. The highest BCUT2D eigenvalue weighted by Gasteiger charge is 2.22. The molecule has 2 N–H and O–H groups in total. The number of hydrogen-bond acceptors (Lipinski definition) is 2. The average Bonchev–Trinajstić information content (AvgIpc) is 2.68. The van der Waals surface area contributed by atoms with Crippen LogP contribution in [0.2, 0.25) is 0 Å². The summed E-state index contributed by atoms with van der Waals surface area (Å²) in [6, 6.07) is 0.